The summed E-state index contributed by atoms with van der Waals surface area (Å²) in [5.41, 5.74) is 0. The summed E-state index contributed by atoms with van der Waals surface area (Å²) in [6.07, 6.45) is 53.1. The predicted octanol–water partition coefficient (Wildman–Crippen LogP) is 12.4. The van der Waals surface area contributed by atoms with Crippen molar-refractivity contribution in [3.63, 3.8) is 0 Å². The molecule has 0 aliphatic heterocycles. The predicted molar refractivity (Wildman–Crippen MR) is 191 cm³/mol. The van der Waals surface area contributed by atoms with Crippen LogP contribution in [0.4, 0.5) is 0 Å². The summed E-state index contributed by atoms with van der Waals surface area (Å²) in [5, 5.41) is 0. The highest BCUT2D eigenvalue weighted by Gasteiger charge is 2.14. The first-order valence-corrected chi connectivity index (χ1v) is 18.5. The number of hydrogen-bond acceptors (Lipinski definition) is 3. The van der Waals surface area contributed by atoms with Gasteiger partial charge in [0.15, 0.2) is 0 Å². The smallest absolute Gasteiger partial charge is 0.326 e. The Hall–Kier alpha value is -2.36. The molecule has 0 bridgehead atoms. The Kier molecular flexibility index (Phi) is 28.9. The van der Waals surface area contributed by atoms with E-state index in [9.17, 15) is 4.79 Å². The third-order valence-electron chi connectivity index (χ3n) is 8.12. The van der Waals surface area contributed by atoms with Crippen molar-refractivity contribution in [2.75, 3.05) is 0 Å². The number of carbonyl (C=O) groups excluding carboxylic acids is 1. The summed E-state index contributed by atoms with van der Waals surface area (Å²) in [5.74, 6) is -0.139. The van der Waals surface area contributed by atoms with Crippen molar-refractivity contribution in [1.82, 2.24) is 9.55 Å². The van der Waals surface area contributed by atoms with E-state index in [0.717, 1.165) is 38.5 Å². The van der Waals surface area contributed by atoms with E-state index in [1.165, 1.54) is 116 Å². The van der Waals surface area contributed by atoms with Gasteiger partial charge in [0, 0.05) is 12.4 Å². The second-order valence-corrected chi connectivity index (χ2v) is 12.4. The molecule has 4 nitrogen and oxygen atoms in total. The first-order valence-electron chi connectivity index (χ1n) is 18.5. The first kappa shape index (κ1) is 39.7. The van der Waals surface area contributed by atoms with Crippen LogP contribution in [0, 0.1) is 0 Å². The molecule has 0 spiro atoms. The zero-order chi connectivity index (χ0) is 31.6. The van der Waals surface area contributed by atoms with Crippen LogP contribution in [0.3, 0.4) is 0 Å². The van der Waals surface area contributed by atoms with Crippen molar-refractivity contribution in [2.24, 2.45) is 0 Å². The molecule has 4 heteroatoms. The van der Waals surface area contributed by atoms with Crippen molar-refractivity contribution < 1.29 is 9.53 Å². The summed E-state index contributed by atoms with van der Waals surface area (Å²) >= 11 is 0. The quantitative estimate of drug-likeness (QED) is 0.0478. The lowest BCUT2D eigenvalue weighted by atomic mass is 10.0. The van der Waals surface area contributed by atoms with Gasteiger partial charge < -0.3 is 9.30 Å². The molecule has 0 N–H and O–H groups in total. The maximum absolute atomic E-state index is 12.6. The molecular weight excluding hydrogens is 540 g/mol. The van der Waals surface area contributed by atoms with E-state index in [1.807, 2.05) is 6.20 Å². The molecule has 1 atom stereocenters. The third-order valence-corrected chi connectivity index (χ3v) is 8.12. The lowest BCUT2D eigenvalue weighted by Gasteiger charge is -2.18. The number of ether oxygens (including phenoxy) is 1. The van der Waals surface area contributed by atoms with Gasteiger partial charge in [-0.15, -0.1) is 0 Å². The molecular formula is C40H68N2O2. The second-order valence-electron chi connectivity index (χ2n) is 12.4. The van der Waals surface area contributed by atoms with Crippen molar-refractivity contribution >= 4 is 5.97 Å². The molecule has 0 aliphatic carbocycles. The molecule has 0 radical (unpaired) electrons. The van der Waals surface area contributed by atoms with Gasteiger partial charge in [0.1, 0.15) is 12.6 Å². The van der Waals surface area contributed by atoms with Gasteiger partial charge in [-0.3, -0.25) is 4.79 Å². The zero-order valence-corrected chi connectivity index (χ0v) is 28.8. The van der Waals surface area contributed by atoms with Crippen molar-refractivity contribution in [3.05, 3.63) is 67.3 Å². The maximum Gasteiger partial charge on any atom is 0.326 e. The monoisotopic (exact) mass is 609 g/mol. The zero-order valence-electron chi connectivity index (χ0n) is 28.8. The lowest BCUT2D eigenvalue weighted by molar-refractivity contribution is -0.150. The van der Waals surface area contributed by atoms with Gasteiger partial charge in [-0.05, 0) is 83.5 Å². The van der Waals surface area contributed by atoms with Crippen LogP contribution in [0.2, 0.25) is 0 Å². The normalized spacial score (nSPS) is 12.9. The summed E-state index contributed by atoms with van der Waals surface area (Å²) in [6, 6.07) is 0. The minimum absolute atomic E-state index is 0.0464. The lowest BCUT2D eigenvalue weighted by Crippen LogP contribution is -2.21. The van der Waals surface area contributed by atoms with Gasteiger partial charge in [0.05, 0.1) is 6.33 Å². The molecule has 1 aromatic heterocycles. The number of nitrogens with zero attached hydrogens (tertiary/aromatic N) is 2. The van der Waals surface area contributed by atoms with Gasteiger partial charge in [-0.1, -0.05) is 133 Å². The number of allylic oxidation sites excluding steroid dienone is 8. The van der Waals surface area contributed by atoms with E-state index < -0.39 is 0 Å². The topological polar surface area (TPSA) is 44.1 Å². The maximum atomic E-state index is 12.6. The summed E-state index contributed by atoms with van der Waals surface area (Å²) in [4.78, 5) is 16.6. The molecule has 1 unspecified atom stereocenters. The van der Waals surface area contributed by atoms with E-state index in [4.69, 9.17) is 4.74 Å². The molecule has 0 aliphatic rings. The van der Waals surface area contributed by atoms with E-state index in [2.05, 4.69) is 67.4 Å². The summed E-state index contributed by atoms with van der Waals surface area (Å²) in [6.45, 7) is 4.75. The molecule has 1 rings (SSSR count). The van der Waals surface area contributed by atoms with Gasteiger partial charge in [-0.25, -0.2) is 4.98 Å². The highest BCUT2D eigenvalue weighted by Crippen LogP contribution is 2.18. The van der Waals surface area contributed by atoms with E-state index in [0.29, 0.717) is 0 Å². The Morgan fingerprint density at radius 2 is 1.07 bits per heavy atom. The van der Waals surface area contributed by atoms with Crippen LogP contribution in [0.5, 0.6) is 0 Å². The summed E-state index contributed by atoms with van der Waals surface area (Å²) in [7, 11) is 0. The summed E-state index contributed by atoms with van der Waals surface area (Å²) < 4.78 is 7.74. The number of esters is 1. The SMILES string of the molecule is CCCC/C=C/C/C=C/CCCCCCCCC(CCCCCCC/C=C/C/C=C/CCCCC)OC(=O)Cn1ccnc1. The molecule has 0 amide bonds. The fourth-order valence-electron chi connectivity index (χ4n) is 5.37. The van der Waals surface area contributed by atoms with Crippen molar-refractivity contribution in [2.45, 2.75) is 181 Å². The average Bonchev–Trinajstić information content (AvgIpc) is 3.53. The van der Waals surface area contributed by atoms with Crippen molar-refractivity contribution in [1.29, 1.82) is 0 Å². The molecule has 0 fully saturated rings. The van der Waals surface area contributed by atoms with Crippen molar-refractivity contribution in [3.8, 4) is 0 Å². The molecule has 250 valence electrons. The van der Waals surface area contributed by atoms with E-state index >= 15 is 0 Å². The Morgan fingerprint density at radius 1 is 0.614 bits per heavy atom. The fraction of sp³-hybridized carbons (Fsp3) is 0.700. The van der Waals surface area contributed by atoms with Gasteiger partial charge in [0.2, 0.25) is 0 Å². The van der Waals surface area contributed by atoms with Crippen LogP contribution >= 0.6 is 0 Å². The molecule has 0 saturated carbocycles. The minimum Gasteiger partial charge on any atom is -0.461 e. The molecule has 1 aromatic rings. The Bertz CT molecular complexity index is 853. The Balaban J connectivity index is 2.15. The number of carbonyl (C=O) groups is 1. The number of hydrogen-bond donors (Lipinski definition) is 0. The fourth-order valence-corrected chi connectivity index (χ4v) is 5.37. The number of unbranched alkanes of at least 4 members (excludes halogenated alkanes) is 16. The second kappa shape index (κ2) is 32.0. The molecule has 0 aromatic carbocycles. The third kappa shape index (κ3) is 27.2. The Labute approximate surface area is 272 Å². The van der Waals surface area contributed by atoms with Crippen LogP contribution < -0.4 is 0 Å². The van der Waals surface area contributed by atoms with E-state index in [-0.39, 0.29) is 18.6 Å². The number of aromatic nitrogens is 2. The number of rotatable bonds is 31. The largest absolute Gasteiger partial charge is 0.461 e. The highest BCUT2D eigenvalue weighted by molar-refractivity contribution is 5.69. The van der Waals surface area contributed by atoms with Crippen LogP contribution in [0.25, 0.3) is 0 Å². The first-order chi connectivity index (χ1) is 21.8. The van der Waals surface area contributed by atoms with Gasteiger partial charge in [-0.2, -0.15) is 0 Å². The minimum atomic E-state index is -0.139. The number of imidazole rings is 1. The van der Waals surface area contributed by atoms with Crippen LogP contribution in [-0.4, -0.2) is 21.6 Å². The van der Waals surface area contributed by atoms with Crippen LogP contribution in [0.1, 0.15) is 168 Å². The molecule has 0 saturated heterocycles. The Morgan fingerprint density at radius 3 is 1.55 bits per heavy atom. The average molecular weight is 609 g/mol. The van der Waals surface area contributed by atoms with Crippen LogP contribution in [-0.2, 0) is 16.1 Å². The van der Waals surface area contributed by atoms with E-state index in [1.54, 1.807) is 17.1 Å². The molecule has 1 heterocycles. The van der Waals surface area contributed by atoms with Gasteiger partial charge >= 0.3 is 5.97 Å². The molecule has 44 heavy (non-hydrogen) atoms. The standard InChI is InChI=1S/C40H68N2O2/c1-3-5-7-9-11-13-15-17-19-21-23-25-27-29-31-33-39(44-40(43)37-42-36-35-41-38-42)34-32-30-28-26-24-22-20-18-16-14-12-10-8-6-4-2/h9,11-12,14-15,17-18,20,35-36,38-39H,3-8,10,13,16,19,21-34,37H2,1-2H3/b11-9+,14-12+,17-15+,20-18+. The van der Waals surface area contributed by atoms with Gasteiger partial charge in [0.25, 0.3) is 0 Å². The highest BCUT2D eigenvalue weighted by atomic mass is 16.5. The van der Waals surface area contributed by atoms with Crippen LogP contribution in [0.15, 0.2) is 67.3 Å².